The molecular weight excluding hydrogens is 258 g/mol. The molecule has 19 heavy (non-hydrogen) atoms. The second-order valence-corrected chi connectivity index (χ2v) is 6.01. The lowest BCUT2D eigenvalue weighted by molar-refractivity contribution is -0.117. The molecule has 2 fully saturated rings. The first-order valence-corrected chi connectivity index (χ1v) is 7.45. The van der Waals surface area contributed by atoms with Crippen molar-refractivity contribution in [2.24, 2.45) is 0 Å². The summed E-state index contributed by atoms with van der Waals surface area (Å²) in [5, 5.41) is 0.135. The molecule has 0 N–H and O–H groups in total. The van der Waals surface area contributed by atoms with Gasteiger partial charge in [0.2, 0.25) is 5.91 Å². The van der Waals surface area contributed by atoms with Gasteiger partial charge in [-0.15, -0.1) is 0 Å². The summed E-state index contributed by atoms with van der Waals surface area (Å²) >= 11 is 4.37. The van der Waals surface area contributed by atoms with Gasteiger partial charge in [0.15, 0.2) is 0 Å². The lowest BCUT2D eigenvalue weighted by Crippen LogP contribution is -2.30. The quantitative estimate of drug-likeness (QED) is 0.841. The summed E-state index contributed by atoms with van der Waals surface area (Å²) < 4.78 is 0. The van der Waals surface area contributed by atoms with Crippen LogP contribution in [-0.4, -0.2) is 35.8 Å². The van der Waals surface area contributed by atoms with E-state index in [0.717, 1.165) is 24.6 Å². The molecule has 0 radical (unpaired) electrons. The van der Waals surface area contributed by atoms with Crippen molar-refractivity contribution in [2.45, 2.75) is 30.9 Å². The maximum absolute atomic E-state index is 11.8. The molecule has 0 bridgehead atoms. The Balaban J connectivity index is 1.73. The van der Waals surface area contributed by atoms with Gasteiger partial charge in [-0.2, -0.15) is 12.6 Å². The van der Waals surface area contributed by atoms with E-state index in [9.17, 15) is 4.79 Å². The van der Waals surface area contributed by atoms with Gasteiger partial charge in [0.25, 0.3) is 0 Å². The maximum Gasteiger partial charge on any atom is 0.229 e. The van der Waals surface area contributed by atoms with Gasteiger partial charge in [0.1, 0.15) is 5.82 Å². The van der Waals surface area contributed by atoms with Gasteiger partial charge in [-0.1, -0.05) is 0 Å². The maximum atomic E-state index is 11.8. The van der Waals surface area contributed by atoms with E-state index in [-0.39, 0.29) is 11.2 Å². The lowest BCUT2D eigenvalue weighted by atomic mass is 10.1. The van der Waals surface area contributed by atoms with Crippen molar-refractivity contribution in [3.8, 4) is 0 Å². The Morgan fingerprint density at radius 2 is 2.00 bits per heavy atom. The van der Waals surface area contributed by atoms with E-state index in [1.165, 1.54) is 19.3 Å². The van der Waals surface area contributed by atoms with Crippen molar-refractivity contribution in [1.29, 1.82) is 0 Å². The van der Waals surface area contributed by atoms with E-state index in [2.05, 4.69) is 28.6 Å². The number of carbonyl (C=O) groups excluding carboxylic acids is 1. The van der Waals surface area contributed by atoms with Gasteiger partial charge < -0.3 is 4.90 Å². The van der Waals surface area contributed by atoms with Crippen LogP contribution in [-0.2, 0) is 4.79 Å². The molecule has 0 aliphatic carbocycles. The number of carbonyl (C=O) groups is 1. The van der Waals surface area contributed by atoms with E-state index in [1.54, 1.807) is 4.90 Å². The highest BCUT2D eigenvalue weighted by atomic mass is 32.1. The minimum absolute atomic E-state index is 0.123. The first-order valence-electron chi connectivity index (χ1n) is 6.93. The predicted octanol–water partition coefficient (Wildman–Crippen LogP) is 2.11. The first-order chi connectivity index (χ1) is 9.24. The Bertz CT molecular complexity index is 456. The molecule has 2 saturated heterocycles. The number of amides is 1. The predicted molar refractivity (Wildman–Crippen MR) is 80.0 cm³/mol. The SMILES string of the molecule is O=C1CC(S)CN1c1ccc(N2CCCCC2)cn1. The fraction of sp³-hybridized carbons (Fsp3) is 0.571. The Hall–Kier alpha value is -1.23. The molecule has 4 nitrogen and oxygen atoms in total. The molecule has 2 aliphatic heterocycles. The molecule has 3 heterocycles. The van der Waals surface area contributed by atoms with Crippen LogP contribution in [0.4, 0.5) is 11.5 Å². The summed E-state index contributed by atoms with van der Waals surface area (Å²) in [6, 6.07) is 4.03. The van der Waals surface area contributed by atoms with Crippen LogP contribution in [0.2, 0.25) is 0 Å². The van der Waals surface area contributed by atoms with E-state index in [1.807, 2.05) is 12.3 Å². The Morgan fingerprint density at radius 1 is 1.21 bits per heavy atom. The number of piperidine rings is 1. The van der Waals surface area contributed by atoms with Crippen molar-refractivity contribution in [1.82, 2.24) is 4.98 Å². The third-order valence-corrected chi connectivity index (χ3v) is 4.18. The van der Waals surface area contributed by atoms with Gasteiger partial charge in [-0.05, 0) is 31.4 Å². The number of hydrogen-bond acceptors (Lipinski definition) is 4. The Morgan fingerprint density at radius 3 is 2.58 bits per heavy atom. The van der Waals surface area contributed by atoms with Gasteiger partial charge in [0, 0.05) is 31.3 Å². The van der Waals surface area contributed by atoms with Gasteiger partial charge in [0.05, 0.1) is 11.9 Å². The number of hydrogen-bond donors (Lipinski definition) is 1. The van der Waals surface area contributed by atoms with Crippen LogP contribution in [0.5, 0.6) is 0 Å². The molecule has 0 aromatic carbocycles. The monoisotopic (exact) mass is 277 g/mol. The second kappa shape index (κ2) is 5.41. The highest BCUT2D eigenvalue weighted by Crippen LogP contribution is 2.25. The van der Waals surface area contributed by atoms with Crippen molar-refractivity contribution >= 4 is 30.0 Å². The average Bonchev–Trinajstić information content (AvgIpc) is 2.79. The molecule has 2 aliphatic rings. The number of thiol groups is 1. The van der Waals surface area contributed by atoms with Crippen LogP contribution in [0.25, 0.3) is 0 Å². The molecule has 1 unspecified atom stereocenters. The molecule has 5 heteroatoms. The lowest BCUT2D eigenvalue weighted by Gasteiger charge is -2.28. The zero-order valence-corrected chi connectivity index (χ0v) is 11.9. The van der Waals surface area contributed by atoms with Gasteiger partial charge in [-0.3, -0.25) is 9.69 Å². The van der Waals surface area contributed by atoms with E-state index >= 15 is 0 Å². The third kappa shape index (κ3) is 2.71. The van der Waals surface area contributed by atoms with Gasteiger partial charge in [-0.25, -0.2) is 4.98 Å². The zero-order valence-electron chi connectivity index (χ0n) is 11.0. The molecule has 1 aromatic rings. The molecule has 1 atom stereocenters. The molecule has 3 rings (SSSR count). The normalized spacial score (nSPS) is 24.1. The van der Waals surface area contributed by atoms with Crippen molar-refractivity contribution < 1.29 is 4.79 Å². The zero-order chi connectivity index (χ0) is 13.2. The molecule has 0 saturated carbocycles. The minimum Gasteiger partial charge on any atom is -0.370 e. The van der Waals surface area contributed by atoms with E-state index in [4.69, 9.17) is 0 Å². The molecule has 1 aromatic heterocycles. The fourth-order valence-corrected chi connectivity index (χ4v) is 3.11. The van der Waals surface area contributed by atoms with Crippen molar-refractivity contribution in [2.75, 3.05) is 29.4 Å². The number of nitrogens with zero attached hydrogens (tertiary/aromatic N) is 3. The van der Waals surface area contributed by atoms with Crippen LogP contribution < -0.4 is 9.80 Å². The highest BCUT2D eigenvalue weighted by molar-refractivity contribution is 7.81. The summed E-state index contributed by atoms with van der Waals surface area (Å²) in [7, 11) is 0. The van der Waals surface area contributed by atoms with Gasteiger partial charge >= 0.3 is 0 Å². The van der Waals surface area contributed by atoms with Crippen LogP contribution in [0.1, 0.15) is 25.7 Å². The molecule has 102 valence electrons. The number of pyridine rings is 1. The van der Waals surface area contributed by atoms with Crippen LogP contribution >= 0.6 is 12.6 Å². The Labute approximate surface area is 119 Å². The number of aromatic nitrogens is 1. The second-order valence-electron chi connectivity index (χ2n) is 5.28. The molecule has 1 amide bonds. The summed E-state index contributed by atoms with van der Waals surface area (Å²) in [6.07, 6.45) is 6.24. The fourth-order valence-electron chi connectivity index (χ4n) is 2.79. The number of rotatable bonds is 2. The topological polar surface area (TPSA) is 36.4 Å². The average molecular weight is 277 g/mol. The van der Waals surface area contributed by atoms with E-state index < -0.39 is 0 Å². The Kier molecular flexibility index (Phi) is 3.64. The summed E-state index contributed by atoms with van der Waals surface area (Å²) in [5.41, 5.74) is 1.16. The van der Waals surface area contributed by atoms with Crippen LogP contribution in [0.3, 0.4) is 0 Å². The first kappa shape index (κ1) is 12.8. The number of anilines is 2. The smallest absolute Gasteiger partial charge is 0.229 e. The van der Waals surface area contributed by atoms with Crippen molar-refractivity contribution in [3.63, 3.8) is 0 Å². The van der Waals surface area contributed by atoms with Crippen LogP contribution in [0, 0.1) is 0 Å². The van der Waals surface area contributed by atoms with E-state index in [0.29, 0.717) is 13.0 Å². The largest absolute Gasteiger partial charge is 0.370 e. The van der Waals surface area contributed by atoms with Crippen LogP contribution in [0.15, 0.2) is 18.3 Å². The third-order valence-electron chi connectivity index (χ3n) is 3.83. The molecule has 0 spiro atoms. The standard InChI is InChI=1S/C14H19N3OS/c18-14-8-12(19)10-17(14)13-5-4-11(9-15-13)16-6-2-1-3-7-16/h4-5,9,12,19H,1-3,6-8,10H2. The summed E-state index contributed by atoms with van der Waals surface area (Å²) in [4.78, 5) is 20.4. The summed E-state index contributed by atoms with van der Waals surface area (Å²) in [5.74, 6) is 0.875. The minimum atomic E-state index is 0.123. The van der Waals surface area contributed by atoms with Crippen molar-refractivity contribution in [3.05, 3.63) is 18.3 Å². The molecular formula is C14H19N3OS. The highest BCUT2D eigenvalue weighted by Gasteiger charge is 2.29. The summed E-state index contributed by atoms with van der Waals surface area (Å²) in [6.45, 7) is 2.89.